The molecule has 0 heterocycles. The van der Waals surface area contributed by atoms with Crippen molar-refractivity contribution in [1.82, 2.24) is 0 Å². The van der Waals surface area contributed by atoms with Crippen molar-refractivity contribution in [1.29, 1.82) is 0 Å². The summed E-state index contributed by atoms with van der Waals surface area (Å²) in [4.78, 5) is 0. The Bertz CT molecular complexity index is 340. The van der Waals surface area contributed by atoms with E-state index in [-0.39, 0.29) is 17.9 Å². The van der Waals surface area contributed by atoms with E-state index in [0.29, 0.717) is 0 Å². The third-order valence-corrected chi connectivity index (χ3v) is 3.79. The Morgan fingerprint density at radius 2 is 2.19 bits per heavy atom. The molecule has 0 spiro atoms. The number of nitrogens with two attached hydrogens (primary N) is 1. The molecule has 0 aliphatic carbocycles. The largest absolute Gasteiger partial charge is 0.397 e. The predicted octanol–water partition coefficient (Wildman–Crippen LogP) is 2.10. The van der Waals surface area contributed by atoms with E-state index in [2.05, 4.69) is 12.2 Å². The predicted molar refractivity (Wildman–Crippen MR) is 73.1 cm³/mol. The molecule has 16 heavy (non-hydrogen) atoms. The first kappa shape index (κ1) is 13.2. The average Bonchev–Trinajstić information content (AvgIpc) is 2.24. The van der Waals surface area contributed by atoms with Crippen LogP contribution in [0.1, 0.15) is 12.5 Å². The van der Waals surface area contributed by atoms with Crippen molar-refractivity contribution in [2.24, 2.45) is 0 Å². The minimum atomic E-state index is 0.168. The molecule has 4 heteroatoms. The first-order chi connectivity index (χ1) is 7.58. The van der Waals surface area contributed by atoms with Gasteiger partial charge in [-0.25, -0.2) is 0 Å². The standard InChI is InChI=1S/C12H20N2OS/c1-8-4-5-11(10(13)6-8)14-9(2)12(7-15)16-3/h4-6,9,12,14-15H,7,13H2,1-3H3. The Hall–Kier alpha value is -0.870. The average molecular weight is 240 g/mol. The van der Waals surface area contributed by atoms with Gasteiger partial charge in [-0.15, -0.1) is 0 Å². The minimum Gasteiger partial charge on any atom is -0.397 e. The molecule has 0 aliphatic heterocycles. The number of anilines is 2. The molecule has 0 saturated carbocycles. The van der Waals surface area contributed by atoms with Gasteiger partial charge in [-0.3, -0.25) is 0 Å². The fourth-order valence-corrected chi connectivity index (χ4v) is 2.21. The molecule has 3 nitrogen and oxygen atoms in total. The maximum atomic E-state index is 9.20. The normalized spacial score (nSPS) is 14.5. The zero-order chi connectivity index (χ0) is 12.1. The lowest BCUT2D eigenvalue weighted by Gasteiger charge is -2.23. The van der Waals surface area contributed by atoms with Crippen LogP contribution in [0.5, 0.6) is 0 Å². The Kier molecular flexibility index (Phi) is 4.96. The summed E-state index contributed by atoms with van der Waals surface area (Å²) in [6, 6.07) is 6.14. The van der Waals surface area contributed by atoms with Gasteiger partial charge in [-0.2, -0.15) is 11.8 Å². The van der Waals surface area contributed by atoms with Crippen LogP contribution in [0.15, 0.2) is 18.2 Å². The second-order valence-electron chi connectivity index (χ2n) is 3.98. The lowest BCUT2D eigenvalue weighted by Crippen LogP contribution is -2.31. The van der Waals surface area contributed by atoms with Crippen LogP contribution in [-0.2, 0) is 0 Å². The van der Waals surface area contributed by atoms with Crippen molar-refractivity contribution >= 4 is 23.1 Å². The molecule has 0 aliphatic rings. The van der Waals surface area contributed by atoms with Crippen LogP contribution in [0.4, 0.5) is 11.4 Å². The van der Waals surface area contributed by atoms with Gasteiger partial charge in [0, 0.05) is 11.3 Å². The fourth-order valence-electron chi connectivity index (χ4n) is 1.59. The molecule has 2 unspecified atom stereocenters. The van der Waals surface area contributed by atoms with E-state index in [1.807, 2.05) is 31.4 Å². The number of aliphatic hydroxyl groups excluding tert-OH is 1. The highest BCUT2D eigenvalue weighted by Gasteiger charge is 2.15. The molecule has 0 saturated heterocycles. The van der Waals surface area contributed by atoms with Crippen molar-refractivity contribution in [2.45, 2.75) is 25.1 Å². The summed E-state index contributed by atoms with van der Waals surface area (Å²) >= 11 is 1.65. The monoisotopic (exact) mass is 240 g/mol. The number of nitrogen functional groups attached to an aromatic ring is 1. The topological polar surface area (TPSA) is 58.3 Å². The van der Waals surface area contributed by atoms with Crippen LogP contribution >= 0.6 is 11.8 Å². The maximum absolute atomic E-state index is 9.20. The summed E-state index contributed by atoms with van der Waals surface area (Å²) in [5.74, 6) is 0. The second kappa shape index (κ2) is 6.01. The molecule has 0 fully saturated rings. The van der Waals surface area contributed by atoms with Gasteiger partial charge in [0.05, 0.1) is 18.0 Å². The van der Waals surface area contributed by atoms with Gasteiger partial charge in [0.15, 0.2) is 0 Å². The van der Waals surface area contributed by atoms with Crippen molar-refractivity contribution in [2.75, 3.05) is 23.9 Å². The van der Waals surface area contributed by atoms with Crippen molar-refractivity contribution < 1.29 is 5.11 Å². The molecule has 0 radical (unpaired) electrons. The lowest BCUT2D eigenvalue weighted by atomic mass is 10.1. The maximum Gasteiger partial charge on any atom is 0.0576 e. The molecule has 1 aromatic carbocycles. The molecular formula is C12H20N2OS. The van der Waals surface area contributed by atoms with E-state index in [9.17, 15) is 5.11 Å². The van der Waals surface area contributed by atoms with Crippen LogP contribution in [0.2, 0.25) is 0 Å². The highest BCUT2D eigenvalue weighted by Crippen LogP contribution is 2.22. The quantitative estimate of drug-likeness (QED) is 0.690. The number of rotatable bonds is 5. The van der Waals surface area contributed by atoms with Gasteiger partial charge in [0.2, 0.25) is 0 Å². The smallest absolute Gasteiger partial charge is 0.0576 e. The van der Waals surface area contributed by atoms with Crippen LogP contribution in [-0.4, -0.2) is 29.3 Å². The Balaban J connectivity index is 2.72. The summed E-state index contributed by atoms with van der Waals surface area (Å²) in [5.41, 5.74) is 8.76. The number of thioether (sulfide) groups is 1. The van der Waals surface area contributed by atoms with Crippen LogP contribution in [0.3, 0.4) is 0 Å². The lowest BCUT2D eigenvalue weighted by molar-refractivity contribution is 0.288. The molecule has 0 aromatic heterocycles. The molecule has 0 bridgehead atoms. The summed E-state index contributed by atoms with van der Waals surface area (Å²) in [5, 5.41) is 12.7. The van der Waals surface area contributed by atoms with Crippen LogP contribution in [0, 0.1) is 6.92 Å². The van der Waals surface area contributed by atoms with Gasteiger partial charge in [0.25, 0.3) is 0 Å². The number of aliphatic hydroxyl groups is 1. The van der Waals surface area contributed by atoms with Gasteiger partial charge in [-0.1, -0.05) is 6.07 Å². The number of nitrogens with one attached hydrogen (secondary N) is 1. The minimum absolute atomic E-state index is 0.168. The zero-order valence-electron chi connectivity index (χ0n) is 10.0. The first-order valence-corrected chi connectivity index (χ1v) is 6.63. The Morgan fingerprint density at radius 1 is 1.50 bits per heavy atom. The van der Waals surface area contributed by atoms with E-state index in [4.69, 9.17) is 5.73 Å². The van der Waals surface area contributed by atoms with Crippen LogP contribution in [0.25, 0.3) is 0 Å². The Labute approximate surface area is 101 Å². The third kappa shape index (κ3) is 3.32. The van der Waals surface area contributed by atoms with E-state index < -0.39 is 0 Å². The molecular weight excluding hydrogens is 220 g/mol. The van der Waals surface area contributed by atoms with Gasteiger partial charge < -0.3 is 16.2 Å². The number of hydrogen-bond acceptors (Lipinski definition) is 4. The summed E-state index contributed by atoms with van der Waals surface area (Å²) in [6.45, 7) is 4.24. The van der Waals surface area contributed by atoms with E-state index in [0.717, 1.165) is 16.9 Å². The number of benzene rings is 1. The van der Waals surface area contributed by atoms with Gasteiger partial charge in [-0.05, 0) is 37.8 Å². The van der Waals surface area contributed by atoms with Crippen molar-refractivity contribution in [3.05, 3.63) is 23.8 Å². The number of aryl methyl sites for hydroxylation is 1. The fraction of sp³-hybridized carbons (Fsp3) is 0.500. The molecule has 1 rings (SSSR count). The van der Waals surface area contributed by atoms with Crippen molar-refractivity contribution in [3.63, 3.8) is 0 Å². The van der Waals surface area contributed by atoms with E-state index in [1.54, 1.807) is 11.8 Å². The summed E-state index contributed by atoms with van der Waals surface area (Å²) in [7, 11) is 0. The highest BCUT2D eigenvalue weighted by molar-refractivity contribution is 7.99. The molecule has 4 N–H and O–H groups in total. The van der Waals surface area contributed by atoms with Gasteiger partial charge >= 0.3 is 0 Å². The molecule has 1 aromatic rings. The highest BCUT2D eigenvalue weighted by atomic mass is 32.2. The zero-order valence-corrected chi connectivity index (χ0v) is 10.8. The SMILES string of the molecule is CSC(CO)C(C)Nc1ccc(C)cc1N. The summed E-state index contributed by atoms with van der Waals surface area (Å²) < 4.78 is 0. The summed E-state index contributed by atoms with van der Waals surface area (Å²) in [6.07, 6.45) is 2.00. The molecule has 0 amide bonds. The second-order valence-corrected chi connectivity index (χ2v) is 5.06. The Morgan fingerprint density at radius 3 is 2.69 bits per heavy atom. The molecule has 2 atom stereocenters. The first-order valence-electron chi connectivity index (χ1n) is 5.34. The molecule has 90 valence electrons. The van der Waals surface area contributed by atoms with E-state index >= 15 is 0 Å². The van der Waals surface area contributed by atoms with E-state index in [1.165, 1.54) is 0 Å². The van der Waals surface area contributed by atoms with Crippen LogP contribution < -0.4 is 11.1 Å². The van der Waals surface area contributed by atoms with Gasteiger partial charge in [0.1, 0.15) is 0 Å². The van der Waals surface area contributed by atoms with Crippen molar-refractivity contribution in [3.8, 4) is 0 Å². The third-order valence-electron chi connectivity index (χ3n) is 2.63. The number of hydrogen-bond donors (Lipinski definition) is 3.